The van der Waals surface area contributed by atoms with E-state index in [2.05, 4.69) is 24.1 Å². The first-order valence-electron chi connectivity index (χ1n) is 7.25. The molecule has 0 saturated heterocycles. The number of nitrogens with one attached hydrogen (secondary N) is 1. The summed E-state index contributed by atoms with van der Waals surface area (Å²) < 4.78 is 5.20. The van der Waals surface area contributed by atoms with E-state index in [1.54, 1.807) is 7.11 Å². The molecule has 0 aliphatic heterocycles. The molecule has 0 bridgehead atoms. The van der Waals surface area contributed by atoms with Crippen molar-refractivity contribution in [3.8, 4) is 0 Å². The summed E-state index contributed by atoms with van der Waals surface area (Å²) in [4.78, 5) is 2.57. The van der Waals surface area contributed by atoms with Crippen LogP contribution in [0.3, 0.4) is 0 Å². The highest BCUT2D eigenvalue weighted by molar-refractivity contribution is 4.76. The van der Waals surface area contributed by atoms with Crippen LogP contribution in [0.25, 0.3) is 0 Å². The zero-order valence-electron chi connectivity index (χ0n) is 11.9. The number of hydrogen-bond donors (Lipinski definition) is 1. The first-order chi connectivity index (χ1) is 8.31. The molecule has 0 aromatic carbocycles. The number of nitrogens with zero attached hydrogens (tertiary/aromatic N) is 1. The fourth-order valence-electron chi connectivity index (χ4n) is 2.34. The van der Waals surface area contributed by atoms with Crippen LogP contribution >= 0.6 is 0 Å². The highest BCUT2D eigenvalue weighted by Gasteiger charge is 2.20. The van der Waals surface area contributed by atoms with Crippen LogP contribution in [0, 0.1) is 5.92 Å². The summed E-state index contributed by atoms with van der Waals surface area (Å²) >= 11 is 0. The maximum absolute atomic E-state index is 5.20. The zero-order valence-corrected chi connectivity index (χ0v) is 11.9. The molecular formula is C14H30N2O. The number of methoxy groups -OCH3 is 1. The summed E-state index contributed by atoms with van der Waals surface area (Å²) in [5.74, 6) is 0.982. The third kappa shape index (κ3) is 6.39. The number of rotatable bonds is 11. The van der Waals surface area contributed by atoms with Crippen molar-refractivity contribution in [3.63, 3.8) is 0 Å². The molecule has 1 rings (SSSR count). The highest BCUT2D eigenvalue weighted by atomic mass is 16.5. The molecule has 0 spiro atoms. The Hall–Kier alpha value is -0.120. The topological polar surface area (TPSA) is 24.5 Å². The Labute approximate surface area is 107 Å². The van der Waals surface area contributed by atoms with Crippen LogP contribution in [-0.4, -0.2) is 50.8 Å². The summed E-state index contributed by atoms with van der Waals surface area (Å²) in [6, 6.07) is 0.716. The summed E-state index contributed by atoms with van der Waals surface area (Å²) in [5, 5.41) is 3.57. The second-order valence-corrected chi connectivity index (χ2v) is 5.15. The molecule has 1 saturated carbocycles. The molecule has 3 nitrogen and oxygen atoms in total. The molecule has 0 heterocycles. The van der Waals surface area contributed by atoms with E-state index in [1.807, 2.05) is 0 Å². The van der Waals surface area contributed by atoms with Crippen molar-refractivity contribution in [2.75, 3.05) is 39.9 Å². The fraction of sp³-hybridized carbons (Fsp3) is 1.00. The first-order valence-corrected chi connectivity index (χ1v) is 7.25. The van der Waals surface area contributed by atoms with E-state index < -0.39 is 0 Å². The van der Waals surface area contributed by atoms with Crippen molar-refractivity contribution in [3.05, 3.63) is 0 Å². The molecule has 1 aliphatic carbocycles. The van der Waals surface area contributed by atoms with E-state index >= 15 is 0 Å². The lowest BCUT2D eigenvalue weighted by Crippen LogP contribution is -2.41. The van der Waals surface area contributed by atoms with Gasteiger partial charge in [-0.25, -0.2) is 0 Å². The van der Waals surface area contributed by atoms with E-state index in [4.69, 9.17) is 4.74 Å². The van der Waals surface area contributed by atoms with Crippen molar-refractivity contribution >= 4 is 0 Å². The summed E-state index contributed by atoms with van der Waals surface area (Å²) in [6.07, 6.45) is 5.35. The van der Waals surface area contributed by atoms with Crippen LogP contribution in [0.4, 0.5) is 0 Å². The van der Waals surface area contributed by atoms with Crippen LogP contribution in [0.15, 0.2) is 0 Å². The van der Waals surface area contributed by atoms with E-state index in [0.717, 1.165) is 32.2 Å². The third-order valence-electron chi connectivity index (χ3n) is 3.75. The normalized spacial score (nSPS) is 16.1. The molecular weight excluding hydrogens is 212 g/mol. The van der Waals surface area contributed by atoms with E-state index in [9.17, 15) is 0 Å². The van der Waals surface area contributed by atoms with Gasteiger partial charge in [-0.05, 0) is 38.1 Å². The van der Waals surface area contributed by atoms with Gasteiger partial charge in [0.15, 0.2) is 0 Å². The van der Waals surface area contributed by atoms with Gasteiger partial charge in [0.2, 0.25) is 0 Å². The van der Waals surface area contributed by atoms with Crippen molar-refractivity contribution < 1.29 is 4.74 Å². The van der Waals surface area contributed by atoms with Gasteiger partial charge in [-0.1, -0.05) is 13.8 Å². The zero-order chi connectivity index (χ0) is 12.5. The van der Waals surface area contributed by atoms with Gasteiger partial charge in [-0.15, -0.1) is 0 Å². The fourth-order valence-corrected chi connectivity index (χ4v) is 2.34. The van der Waals surface area contributed by atoms with E-state index in [0.29, 0.717) is 6.04 Å². The van der Waals surface area contributed by atoms with Gasteiger partial charge in [0.25, 0.3) is 0 Å². The maximum atomic E-state index is 5.20. The SMILES string of the molecule is CCC(CC)N(CCNCC1CC1)CCOC. The molecule has 1 N–H and O–H groups in total. The second kappa shape index (κ2) is 8.90. The smallest absolute Gasteiger partial charge is 0.0589 e. The van der Waals surface area contributed by atoms with Gasteiger partial charge in [0.1, 0.15) is 0 Å². The van der Waals surface area contributed by atoms with E-state index in [1.165, 1.54) is 32.2 Å². The predicted molar refractivity (Wildman–Crippen MR) is 73.4 cm³/mol. The highest BCUT2D eigenvalue weighted by Crippen LogP contribution is 2.27. The van der Waals surface area contributed by atoms with Gasteiger partial charge in [-0.2, -0.15) is 0 Å². The van der Waals surface area contributed by atoms with Crippen molar-refractivity contribution in [2.24, 2.45) is 5.92 Å². The Morgan fingerprint density at radius 3 is 2.47 bits per heavy atom. The van der Waals surface area contributed by atoms with Crippen LogP contribution in [-0.2, 0) is 4.74 Å². The minimum absolute atomic E-state index is 0.716. The Morgan fingerprint density at radius 1 is 1.24 bits per heavy atom. The van der Waals surface area contributed by atoms with E-state index in [-0.39, 0.29) is 0 Å². The first kappa shape index (κ1) is 14.9. The summed E-state index contributed by atoms with van der Waals surface area (Å²) in [7, 11) is 1.79. The predicted octanol–water partition coefficient (Wildman–Crippen LogP) is 2.12. The Balaban J connectivity index is 2.17. The third-order valence-corrected chi connectivity index (χ3v) is 3.75. The lowest BCUT2D eigenvalue weighted by Gasteiger charge is -2.30. The Bertz CT molecular complexity index is 179. The van der Waals surface area contributed by atoms with Gasteiger partial charge < -0.3 is 10.1 Å². The summed E-state index contributed by atoms with van der Waals surface area (Å²) in [5.41, 5.74) is 0. The minimum atomic E-state index is 0.716. The molecule has 102 valence electrons. The van der Waals surface area contributed by atoms with Crippen molar-refractivity contribution in [2.45, 2.75) is 45.6 Å². The van der Waals surface area contributed by atoms with Gasteiger partial charge >= 0.3 is 0 Å². The van der Waals surface area contributed by atoms with Gasteiger partial charge in [0, 0.05) is 32.8 Å². The van der Waals surface area contributed by atoms with Gasteiger partial charge in [-0.3, -0.25) is 4.90 Å². The second-order valence-electron chi connectivity index (χ2n) is 5.15. The minimum Gasteiger partial charge on any atom is -0.383 e. The van der Waals surface area contributed by atoms with Crippen LogP contribution < -0.4 is 5.32 Å². The van der Waals surface area contributed by atoms with Crippen LogP contribution in [0.1, 0.15) is 39.5 Å². The molecule has 17 heavy (non-hydrogen) atoms. The molecule has 0 unspecified atom stereocenters. The molecule has 0 atom stereocenters. The largest absolute Gasteiger partial charge is 0.383 e. The summed E-state index contributed by atoms with van der Waals surface area (Å²) in [6.45, 7) is 9.98. The average Bonchev–Trinajstić information content (AvgIpc) is 3.15. The maximum Gasteiger partial charge on any atom is 0.0589 e. The van der Waals surface area contributed by atoms with Crippen LogP contribution in [0.2, 0.25) is 0 Å². The lowest BCUT2D eigenvalue weighted by atomic mass is 10.1. The monoisotopic (exact) mass is 242 g/mol. The molecule has 3 heteroatoms. The van der Waals surface area contributed by atoms with Gasteiger partial charge in [0.05, 0.1) is 6.61 Å². The average molecular weight is 242 g/mol. The Kier molecular flexibility index (Phi) is 7.82. The molecule has 0 radical (unpaired) electrons. The lowest BCUT2D eigenvalue weighted by molar-refractivity contribution is 0.116. The standard InChI is InChI=1S/C14H30N2O/c1-4-14(5-2)16(10-11-17-3)9-8-15-12-13-6-7-13/h13-15H,4-12H2,1-3H3. The van der Waals surface area contributed by atoms with Crippen molar-refractivity contribution in [1.82, 2.24) is 10.2 Å². The van der Waals surface area contributed by atoms with Crippen LogP contribution in [0.5, 0.6) is 0 Å². The molecule has 0 aromatic rings. The molecule has 0 amide bonds. The molecule has 0 aromatic heterocycles. The Morgan fingerprint density at radius 2 is 1.94 bits per heavy atom. The molecule has 1 fully saturated rings. The van der Waals surface area contributed by atoms with Crippen molar-refractivity contribution in [1.29, 1.82) is 0 Å². The number of hydrogen-bond acceptors (Lipinski definition) is 3. The molecule has 1 aliphatic rings. The number of ether oxygens (including phenoxy) is 1. The quantitative estimate of drug-likeness (QED) is 0.562.